The Bertz CT molecular complexity index is 950. The van der Waals surface area contributed by atoms with Crippen molar-refractivity contribution in [3.05, 3.63) is 51.7 Å². The van der Waals surface area contributed by atoms with Gasteiger partial charge in [-0.2, -0.15) is 0 Å². The maximum absolute atomic E-state index is 11.7. The van der Waals surface area contributed by atoms with Crippen LogP contribution in [-0.2, 0) is 16.0 Å². The fraction of sp³-hybridized carbons (Fsp3) is 0.286. The van der Waals surface area contributed by atoms with Gasteiger partial charge in [0.15, 0.2) is 0 Å². The molecule has 3 rings (SSSR count). The van der Waals surface area contributed by atoms with Crippen LogP contribution in [0.5, 0.6) is 0 Å². The molecule has 0 bridgehead atoms. The lowest BCUT2D eigenvalue weighted by atomic mass is 10.1. The van der Waals surface area contributed by atoms with E-state index >= 15 is 0 Å². The molecule has 29 heavy (non-hydrogen) atoms. The highest BCUT2D eigenvalue weighted by atomic mass is 32.2. The Kier molecular flexibility index (Phi) is 7.11. The lowest BCUT2D eigenvalue weighted by Gasteiger charge is -2.09. The zero-order chi connectivity index (χ0) is 20.8. The van der Waals surface area contributed by atoms with Crippen LogP contribution in [-0.4, -0.2) is 30.4 Å². The molecule has 0 saturated carbocycles. The van der Waals surface area contributed by atoms with Gasteiger partial charge in [-0.1, -0.05) is 38.1 Å². The third-order valence-corrected chi connectivity index (χ3v) is 5.88. The van der Waals surface area contributed by atoms with Crippen molar-refractivity contribution in [2.24, 2.45) is 5.92 Å². The molecule has 0 aliphatic carbocycles. The van der Waals surface area contributed by atoms with E-state index in [9.17, 15) is 14.4 Å². The predicted octanol–water partition coefficient (Wildman–Crippen LogP) is 4.66. The summed E-state index contributed by atoms with van der Waals surface area (Å²) in [5, 5.41) is 4.68. The Morgan fingerprint density at radius 1 is 1.24 bits per heavy atom. The highest BCUT2D eigenvalue weighted by molar-refractivity contribution is 8.18. The number of amides is 3. The number of thioether (sulfide) groups is 1. The summed E-state index contributed by atoms with van der Waals surface area (Å²) in [4.78, 5) is 37.0. The van der Waals surface area contributed by atoms with Crippen LogP contribution in [0.2, 0.25) is 0 Å². The van der Waals surface area contributed by atoms with Crippen molar-refractivity contribution in [2.75, 3.05) is 13.2 Å². The van der Waals surface area contributed by atoms with Crippen molar-refractivity contribution in [3.63, 3.8) is 0 Å². The predicted molar refractivity (Wildman–Crippen MR) is 117 cm³/mol. The Morgan fingerprint density at radius 3 is 2.79 bits per heavy atom. The molecule has 0 spiro atoms. The van der Waals surface area contributed by atoms with Crippen molar-refractivity contribution >= 4 is 46.4 Å². The van der Waals surface area contributed by atoms with Gasteiger partial charge in [-0.3, -0.25) is 14.9 Å². The Morgan fingerprint density at radius 2 is 2.07 bits per heavy atom. The minimum absolute atomic E-state index is 0.311. The summed E-state index contributed by atoms with van der Waals surface area (Å²) in [6.07, 6.45) is 2.04. The molecular formula is C21H22N2O4S2. The lowest BCUT2D eigenvalue weighted by Crippen LogP contribution is -2.27. The largest absolute Gasteiger partial charge is 0.449 e. The molecule has 0 unspecified atom stereocenters. The van der Waals surface area contributed by atoms with E-state index in [1.807, 2.05) is 44.2 Å². The average Bonchev–Trinajstić information content (AvgIpc) is 3.27. The van der Waals surface area contributed by atoms with Crippen molar-refractivity contribution < 1.29 is 19.1 Å². The molecule has 1 fully saturated rings. The van der Waals surface area contributed by atoms with Crippen molar-refractivity contribution in [3.8, 4) is 10.4 Å². The summed E-state index contributed by atoms with van der Waals surface area (Å²) in [6, 6.07) is 12.0. The molecule has 1 aliphatic heterocycles. The van der Waals surface area contributed by atoms with Gasteiger partial charge in [-0.05, 0) is 53.4 Å². The Balaban J connectivity index is 1.59. The second-order valence-corrected chi connectivity index (χ2v) is 9.05. The second-order valence-electron chi connectivity index (χ2n) is 6.92. The number of hydrogen-bond acceptors (Lipinski definition) is 6. The molecule has 2 N–H and O–H groups in total. The molecule has 0 radical (unpaired) electrons. The van der Waals surface area contributed by atoms with Gasteiger partial charge in [0, 0.05) is 16.3 Å². The fourth-order valence-corrected chi connectivity index (χ4v) is 4.31. The summed E-state index contributed by atoms with van der Waals surface area (Å²) in [7, 11) is 0. The van der Waals surface area contributed by atoms with E-state index in [0.717, 1.165) is 32.6 Å². The maximum Gasteiger partial charge on any atom is 0.407 e. The van der Waals surface area contributed by atoms with Gasteiger partial charge in [-0.25, -0.2) is 4.79 Å². The number of ether oxygens (including phenoxy) is 1. The van der Waals surface area contributed by atoms with E-state index < -0.39 is 6.09 Å². The topological polar surface area (TPSA) is 84.5 Å². The molecule has 1 aromatic carbocycles. The first-order valence-electron chi connectivity index (χ1n) is 9.25. The molecule has 0 atom stereocenters. The van der Waals surface area contributed by atoms with Crippen molar-refractivity contribution in [1.29, 1.82) is 0 Å². The molecule has 2 heterocycles. The summed E-state index contributed by atoms with van der Waals surface area (Å²) in [5.41, 5.74) is 2.18. The first-order chi connectivity index (χ1) is 13.9. The smallest absolute Gasteiger partial charge is 0.407 e. The molecule has 3 amide bonds. The quantitative estimate of drug-likeness (QED) is 0.624. The molecule has 1 saturated heterocycles. The van der Waals surface area contributed by atoms with Crippen LogP contribution in [0.4, 0.5) is 9.59 Å². The van der Waals surface area contributed by atoms with Gasteiger partial charge >= 0.3 is 6.09 Å². The molecule has 1 aliphatic rings. The monoisotopic (exact) mass is 430 g/mol. The number of carbonyl (C=O) groups excluding carboxylic acids is 3. The number of hydrogen-bond donors (Lipinski definition) is 2. The van der Waals surface area contributed by atoms with Crippen molar-refractivity contribution in [1.82, 2.24) is 10.6 Å². The number of nitrogens with one attached hydrogen (secondary N) is 2. The van der Waals surface area contributed by atoms with Gasteiger partial charge in [0.05, 0.1) is 11.5 Å². The Labute approximate surface area is 177 Å². The van der Waals surface area contributed by atoms with Gasteiger partial charge in [0.1, 0.15) is 0 Å². The van der Waals surface area contributed by atoms with Gasteiger partial charge in [-0.15, -0.1) is 11.3 Å². The lowest BCUT2D eigenvalue weighted by molar-refractivity contribution is -0.115. The van der Waals surface area contributed by atoms with Gasteiger partial charge < -0.3 is 10.1 Å². The van der Waals surface area contributed by atoms with E-state index in [1.165, 1.54) is 0 Å². The minimum Gasteiger partial charge on any atom is -0.449 e. The number of rotatable bonds is 7. The van der Waals surface area contributed by atoms with Crippen molar-refractivity contribution in [2.45, 2.75) is 20.3 Å². The molecular weight excluding hydrogens is 408 g/mol. The fourth-order valence-electron chi connectivity index (χ4n) is 2.62. The number of alkyl carbamates (subject to hydrolysis) is 1. The molecule has 152 valence electrons. The summed E-state index contributed by atoms with van der Waals surface area (Å²) < 4.78 is 5.10. The number of imide groups is 1. The maximum atomic E-state index is 11.7. The Hall–Kier alpha value is -2.58. The van der Waals surface area contributed by atoms with Crippen LogP contribution in [0.15, 0.2) is 41.3 Å². The van der Waals surface area contributed by atoms with Gasteiger partial charge in [0.2, 0.25) is 0 Å². The normalized spacial score (nSPS) is 15.1. The number of benzene rings is 1. The van der Waals surface area contributed by atoms with Crippen LogP contribution in [0.1, 0.15) is 24.3 Å². The number of carbonyl (C=O) groups is 3. The summed E-state index contributed by atoms with van der Waals surface area (Å²) in [6.45, 7) is 4.90. The first-order valence-corrected chi connectivity index (χ1v) is 10.9. The van der Waals surface area contributed by atoms with E-state index in [2.05, 4.69) is 16.7 Å². The molecule has 8 heteroatoms. The second kappa shape index (κ2) is 9.76. The van der Waals surface area contributed by atoms with Crippen LogP contribution in [0.25, 0.3) is 16.5 Å². The van der Waals surface area contributed by atoms with E-state index in [4.69, 9.17) is 4.74 Å². The van der Waals surface area contributed by atoms with E-state index in [-0.39, 0.29) is 11.1 Å². The summed E-state index contributed by atoms with van der Waals surface area (Å²) >= 11 is 2.47. The van der Waals surface area contributed by atoms with Crippen LogP contribution in [0, 0.1) is 5.92 Å². The standard InChI is InChI=1S/C21H22N2O4S2/c1-13(2)12-27-20(25)22-9-8-14-4-3-5-15(10-14)17-7-6-16(28-17)11-18-19(24)23-21(26)29-18/h3-7,10-11,13H,8-9,12H2,1-2H3,(H,22,25)(H,23,24,26). The molecule has 1 aromatic heterocycles. The van der Waals surface area contributed by atoms with E-state index in [0.29, 0.717) is 30.4 Å². The van der Waals surface area contributed by atoms with Crippen LogP contribution >= 0.6 is 23.1 Å². The number of thiophene rings is 1. The highest BCUT2D eigenvalue weighted by Gasteiger charge is 2.25. The van der Waals surface area contributed by atoms with E-state index in [1.54, 1.807) is 17.4 Å². The SMILES string of the molecule is CC(C)COC(=O)NCCc1cccc(-c2ccc(C=C3SC(=O)NC3=O)s2)c1. The third-order valence-electron chi connectivity index (χ3n) is 3.98. The third kappa shape index (κ3) is 6.20. The minimum atomic E-state index is -0.391. The average molecular weight is 431 g/mol. The highest BCUT2D eigenvalue weighted by Crippen LogP contribution is 2.32. The zero-order valence-corrected chi connectivity index (χ0v) is 17.8. The first kappa shape index (κ1) is 21.1. The van der Waals surface area contributed by atoms with Crippen LogP contribution < -0.4 is 10.6 Å². The van der Waals surface area contributed by atoms with Crippen LogP contribution in [0.3, 0.4) is 0 Å². The van der Waals surface area contributed by atoms with Gasteiger partial charge in [0.25, 0.3) is 11.1 Å². The molecule has 6 nitrogen and oxygen atoms in total. The molecule has 2 aromatic rings. The zero-order valence-electron chi connectivity index (χ0n) is 16.2. The summed E-state index contributed by atoms with van der Waals surface area (Å²) in [5.74, 6) is -0.0396.